The predicted octanol–water partition coefficient (Wildman–Crippen LogP) is 2.02. The molecule has 0 spiro atoms. The number of nitrogens with two attached hydrogens (primary N) is 1. The van der Waals surface area contributed by atoms with Gasteiger partial charge in [0, 0.05) is 6.04 Å². The van der Waals surface area contributed by atoms with Crippen molar-refractivity contribution < 1.29 is 22.7 Å². The van der Waals surface area contributed by atoms with Crippen molar-refractivity contribution in [2.24, 2.45) is 5.73 Å². The smallest absolute Gasteiger partial charge is 0.405 e. The van der Waals surface area contributed by atoms with Crippen molar-refractivity contribution in [2.75, 3.05) is 13.2 Å². The fraction of sp³-hybridized carbons (Fsp3) is 0.500. The Morgan fingerprint density at radius 1 is 1.38 bits per heavy atom. The van der Waals surface area contributed by atoms with Crippen LogP contribution in [0.15, 0.2) is 24.3 Å². The van der Waals surface area contributed by atoms with Gasteiger partial charge >= 0.3 is 6.18 Å². The zero-order chi connectivity index (χ0) is 15.9. The topological polar surface area (TPSA) is 64.3 Å². The maximum absolute atomic E-state index is 12.0. The Kier molecular flexibility index (Phi) is 6.48. The van der Waals surface area contributed by atoms with Gasteiger partial charge in [-0.3, -0.25) is 4.79 Å². The molecular formula is C14H19F3N2O2. The van der Waals surface area contributed by atoms with E-state index in [0.29, 0.717) is 12.2 Å². The second-order valence-electron chi connectivity index (χ2n) is 4.66. The van der Waals surface area contributed by atoms with Crippen molar-refractivity contribution in [1.29, 1.82) is 0 Å². The summed E-state index contributed by atoms with van der Waals surface area (Å²) in [4.78, 5) is 11.3. The summed E-state index contributed by atoms with van der Waals surface area (Å²) < 4.78 is 41.1. The number of alkyl halides is 3. The number of ether oxygens (including phenoxy) is 1. The minimum absolute atomic E-state index is 0.0335. The highest BCUT2D eigenvalue weighted by atomic mass is 19.4. The van der Waals surface area contributed by atoms with Gasteiger partial charge in [0.2, 0.25) is 0 Å². The van der Waals surface area contributed by atoms with Crippen LogP contribution >= 0.6 is 0 Å². The van der Waals surface area contributed by atoms with Crippen molar-refractivity contribution in [1.82, 2.24) is 5.32 Å². The fourth-order valence-electron chi connectivity index (χ4n) is 1.63. The summed E-state index contributed by atoms with van der Waals surface area (Å²) in [6.45, 7) is 0.130. The quantitative estimate of drug-likeness (QED) is 0.810. The summed E-state index contributed by atoms with van der Waals surface area (Å²) in [7, 11) is 0. The van der Waals surface area contributed by atoms with Gasteiger partial charge in [-0.25, -0.2) is 0 Å². The number of amides is 1. The van der Waals surface area contributed by atoms with Crippen molar-refractivity contribution in [3.8, 4) is 5.75 Å². The lowest BCUT2D eigenvalue weighted by molar-refractivity contribution is -0.139. The largest absolute Gasteiger partial charge is 0.483 e. The Morgan fingerprint density at radius 2 is 2.05 bits per heavy atom. The number of hydrogen-bond acceptors (Lipinski definition) is 3. The molecule has 4 nitrogen and oxygen atoms in total. The van der Waals surface area contributed by atoms with Gasteiger partial charge in [0.25, 0.3) is 5.91 Å². The summed E-state index contributed by atoms with van der Waals surface area (Å²) in [6.07, 6.45) is -3.06. The van der Waals surface area contributed by atoms with Crippen molar-refractivity contribution in [2.45, 2.75) is 32.0 Å². The number of nitrogens with one attached hydrogen (secondary N) is 1. The van der Waals surface area contributed by atoms with Crippen molar-refractivity contribution in [3.05, 3.63) is 29.8 Å². The third-order valence-electron chi connectivity index (χ3n) is 2.82. The first-order chi connectivity index (χ1) is 9.81. The van der Waals surface area contributed by atoms with E-state index in [1.807, 2.05) is 19.1 Å². The number of rotatable bonds is 7. The Balaban J connectivity index is 2.53. The van der Waals surface area contributed by atoms with Gasteiger partial charge < -0.3 is 15.8 Å². The van der Waals surface area contributed by atoms with Gasteiger partial charge in [0.1, 0.15) is 12.3 Å². The Bertz CT molecular complexity index is 464. The zero-order valence-corrected chi connectivity index (χ0v) is 11.7. The summed E-state index contributed by atoms with van der Waals surface area (Å²) in [5.41, 5.74) is 6.69. The Labute approximate surface area is 121 Å². The lowest BCUT2D eigenvalue weighted by Gasteiger charge is -2.14. The molecule has 0 saturated carbocycles. The van der Waals surface area contributed by atoms with Gasteiger partial charge in [-0.15, -0.1) is 0 Å². The number of carbonyl (C=O) groups excluding carboxylic acids is 1. The van der Waals surface area contributed by atoms with E-state index in [1.165, 1.54) is 0 Å². The second-order valence-corrected chi connectivity index (χ2v) is 4.66. The van der Waals surface area contributed by atoms with Crippen LogP contribution in [0.1, 0.15) is 18.9 Å². The molecule has 0 aromatic heterocycles. The van der Waals surface area contributed by atoms with Crippen LogP contribution in [0.3, 0.4) is 0 Å². The first-order valence-corrected chi connectivity index (χ1v) is 6.61. The van der Waals surface area contributed by atoms with Crippen LogP contribution in [0.25, 0.3) is 0 Å². The minimum Gasteiger partial charge on any atom is -0.483 e. The van der Waals surface area contributed by atoms with Crippen LogP contribution in [0, 0.1) is 0 Å². The van der Waals surface area contributed by atoms with Gasteiger partial charge in [-0.05, 0) is 24.5 Å². The van der Waals surface area contributed by atoms with Gasteiger partial charge in [0.15, 0.2) is 6.61 Å². The molecule has 1 amide bonds. The molecule has 0 heterocycles. The molecule has 1 unspecified atom stereocenters. The molecule has 0 aliphatic rings. The monoisotopic (exact) mass is 304 g/mol. The standard InChI is InChI=1S/C14H19F3N2O2/c1-2-11(18)7-10-5-3-4-6-12(10)21-8-13(20)19-9-14(15,16)17/h3-6,11H,2,7-9,18H2,1H3,(H,19,20). The molecule has 1 aromatic rings. The van der Waals surface area contributed by atoms with Crippen LogP contribution in [-0.4, -0.2) is 31.3 Å². The molecule has 3 N–H and O–H groups in total. The SMILES string of the molecule is CCC(N)Cc1ccccc1OCC(=O)NCC(F)(F)F. The highest BCUT2D eigenvalue weighted by molar-refractivity contribution is 5.77. The molecule has 1 rings (SSSR count). The van der Waals surface area contributed by atoms with E-state index in [9.17, 15) is 18.0 Å². The molecule has 1 aromatic carbocycles. The van der Waals surface area contributed by atoms with Crippen LogP contribution in [-0.2, 0) is 11.2 Å². The predicted molar refractivity (Wildman–Crippen MR) is 73.0 cm³/mol. The fourth-order valence-corrected chi connectivity index (χ4v) is 1.63. The van der Waals surface area contributed by atoms with Crippen LogP contribution in [0.5, 0.6) is 5.75 Å². The van der Waals surface area contributed by atoms with Gasteiger partial charge in [-0.2, -0.15) is 13.2 Å². The maximum atomic E-state index is 12.0. The normalized spacial score (nSPS) is 12.8. The lowest BCUT2D eigenvalue weighted by Crippen LogP contribution is -2.36. The number of carbonyl (C=O) groups is 1. The molecule has 118 valence electrons. The van der Waals surface area contributed by atoms with Crippen molar-refractivity contribution in [3.63, 3.8) is 0 Å². The molecule has 7 heteroatoms. The van der Waals surface area contributed by atoms with E-state index in [1.54, 1.807) is 17.4 Å². The van der Waals surface area contributed by atoms with E-state index in [4.69, 9.17) is 10.5 Å². The molecule has 0 aliphatic heterocycles. The second kappa shape index (κ2) is 7.87. The summed E-state index contributed by atoms with van der Waals surface area (Å²) in [6, 6.07) is 6.99. The molecule has 1 atom stereocenters. The summed E-state index contributed by atoms with van der Waals surface area (Å²) in [5, 5.41) is 1.75. The molecule has 0 bridgehead atoms. The summed E-state index contributed by atoms with van der Waals surface area (Å²) >= 11 is 0. The number of hydrogen-bond donors (Lipinski definition) is 2. The number of halogens is 3. The molecule has 0 saturated heterocycles. The average molecular weight is 304 g/mol. The zero-order valence-electron chi connectivity index (χ0n) is 11.7. The lowest BCUT2D eigenvalue weighted by atomic mass is 10.0. The summed E-state index contributed by atoms with van der Waals surface area (Å²) in [5.74, 6) is -0.356. The van der Waals surface area contributed by atoms with Crippen LogP contribution < -0.4 is 15.8 Å². The molecule has 0 aliphatic carbocycles. The first kappa shape index (κ1) is 17.3. The van der Waals surface area contributed by atoms with Crippen LogP contribution in [0.4, 0.5) is 13.2 Å². The maximum Gasteiger partial charge on any atom is 0.405 e. The minimum atomic E-state index is -4.43. The van der Waals surface area contributed by atoms with Crippen molar-refractivity contribution >= 4 is 5.91 Å². The molecule has 0 fully saturated rings. The third-order valence-corrected chi connectivity index (χ3v) is 2.82. The van der Waals surface area contributed by atoms with E-state index >= 15 is 0 Å². The van der Waals surface area contributed by atoms with Crippen LogP contribution in [0.2, 0.25) is 0 Å². The van der Waals surface area contributed by atoms with E-state index in [2.05, 4.69) is 0 Å². The van der Waals surface area contributed by atoms with Gasteiger partial charge in [0.05, 0.1) is 0 Å². The van der Waals surface area contributed by atoms with Gasteiger partial charge in [-0.1, -0.05) is 25.1 Å². The number of benzene rings is 1. The molecule has 0 radical (unpaired) electrons. The third kappa shape index (κ3) is 6.99. The van der Waals surface area contributed by atoms with E-state index in [-0.39, 0.29) is 6.04 Å². The number of para-hydroxylation sites is 1. The molecular weight excluding hydrogens is 285 g/mol. The van der Waals surface area contributed by atoms with E-state index in [0.717, 1.165) is 12.0 Å². The highest BCUT2D eigenvalue weighted by Crippen LogP contribution is 2.20. The first-order valence-electron chi connectivity index (χ1n) is 6.61. The Morgan fingerprint density at radius 3 is 2.67 bits per heavy atom. The van der Waals surface area contributed by atoms with E-state index < -0.39 is 25.2 Å². The molecule has 21 heavy (non-hydrogen) atoms. The average Bonchev–Trinajstić information content (AvgIpc) is 2.43. The highest BCUT2D eigenvalue weighted by Gasteiger charge is 2.27. The Hall–Kier alpha value is -1.76.